The van der Waals surface area contributed by atoms with Gasteiger partial charge in [-0.25, -0.2) is 9.78 Å². The molecule has 3 amide bonds. The molecule has 0 radical (unpaired) electrons. The number of para-hydroxylation sites is 1. The van der Waals surface area contributed by atoms with Crippen LogP contribution in [0.25, 0.3) is 10.9 Å². The lowest BCUT2D eigenvalue weighted by Gasteiger charge is -2.20. The minimum Gasteiger partial charge on any atom is -0.396 e. The number of aliphatic hydroxyl groups is 1. The van der Waals surface area contributed by atoms with E-state index in [0.717, 1.165) is 11.8 Å². The number of benzene rings is 1. The lowest BCUT2D eigenvalue weighted by atomic mass is 10.1. The summed E-state index contributed by atoms with van der Waals surface area (Å²) in [7, 11) is 0. The summed E-state index contributed by atoms with van der Waals surface area (Å²) in [5.41, 5.74) is -0.138. The summed E-state index contributed by atoms with van der Waals surface area (Å²) in [6, 6.07) is 6.39. The molecule has 0 unspecified atom stereocenters. The van der Waals surface area contributed by atoms with Crippen LogP contribution in [0.3, 0.4) is 0 Å². The fraction of sp³-hybridized carbons (Fsp3) is 0.444. The van der Waals surface area contributed by atoms with Gasteiger partial charge in [0, 0.05) is 18.7 Å². The number of nitrogens with one attached hydrogen (secondary N) is 2. The molecule has 2 rings (SSSR count). The van der Waals surface area contributed by atoms with Crippen molar-refractivity contribution in [3.8, 4) is 0 Å². The molecule has 1 heterocycles. The molecule has 0 saturated carbocycles. The van der Waals surface area contributed by atoms with Gasteiger partial charge in [0.15, 0.2) is 5.16 Å². The lowest BCUT2D eigenvalue weighted by Crippen LogP contribution is -2.48. The molecule has 0 bridgehead atoms. The van der Waals surface area contributed by atoms with E-state index in [0.29, 0.717) is 29.0 Å². The van der Waals surface area contributed by atoms with Gasteiger partial charge in [0.2, 0.25) is 5.91 Å². The number of urea groups is 1. The molecule has 1 aromatic heterocycles. The van der Waals surface area contributed by atoms with Gasteiger partial charge >= 0.3 is 6.03 Å². The first-order valence-corrected chi connectivity index (χ1v) is 9.55. The summed E-state index contributed by atoms with van der Waals surface area (Å²) >= 11 is 1.07. The summed E-state index contributed by atoms with van der Waals surface area (Å²) in [5.74, 6) is -0.556. The molecule has 1 aromatic carbocycles. The van der Waals surface area contributed by atoms with Gasteiger partial charge in [-0.3, -0.25) is 19.5 Å². The van der Waals surface area contributed by atoms with E-state index in [4.69, 9.17) is 5.11 Å². The summed E-state index contributed by atoms with van der Waals surface area (Å²) in [6.45, 7) is 5.67. The molecule has 0 fully saturated rings. The molecular formula is C18H24N4O4S. The van der Waals surface area contributed by atoms with E-state index in [1.807, 2.05) is 20.8 Å². The molecule has 0 aliphatic carbocycles. The minimum atomic E-state index is -0.572. The number of thioether (sulfide) groups is 1. The van der Waals surface area contributed by atoms with Gasteiger partial charge in [-0.1, -0.05) is 23.9 Å². The number of amides is 3. The predicted molar refractivity (Wildman–Crippen MR) is 105 cm³/mol. The van der Waals surface area contributed by atoms with Crippen LogP contribution in [0.5, 0.6) is 0 Å². The number of hydrogen-bond donors (Lipinski definition) is 3. The summed E-state index contributed by atoms with van der Waals surface area (Å²) in [5, 5.41) is 14.8. The highest BCUT2D eigenvalue weighted by Gasteiger charge is 2.17. The number of nitrogens with zero attached hydrogens (tertiary/aromatic N) is 2. The Balaban J connectivity index is 2.16. The number of aromatic nitrogens is 2. The van der Waals surface area contributed by atoms with Crippen molar-refractivity contribution in [2.45, 2.75) is 44.4 Å². The van der Waals surface area contributed by atoms with E-state index in [1.54, 1.807) is 24.3 Å². The Hall–Kier alpha value is -2.39. The molecule has 27 heavy (non-hydrogen) atoms. The van der Waals surface area contributed by atoms with Crippen molar-refractivity contribution < 1.29 is 14.7 Å². The first kappa shape index (κ1) is 20.9. The number of imide groups is 1. The summed E-state index contributed by atoms with van der Waals surface area (Å²) in [6.07, 6.45) is 0.396. The molecule has 0 aliphatic heterocycles. The van der Waals surface area contributed by atoms with Gasteiger partial charge in [-0.15, -0.1) is 0 Å². The Morgan fingerprint density at radius 3 is 2.63 bits per heavy atom. The highest BCUT2D eigenvalue weighted by atomic mass is 32.2. The van der Waals surface area contributed by atoms with Crippen LogP contribution in [-0.4, -0.2) is 44.5 Å². The number of hydrogen-bond acceptors (Lipinski definition) is 6. The molecule has 8 nitrogen and oxygen atoms in total. The zero-order chi connectivity index (χ0) is 20.0. The molecule has 2 aromatic rings. The molecular weight excluding hydrogens is 368 g/mol. The lowest BCUT2D eigenvalue weighted by molar-refractivity contribution is -0.117. The monoisotopic (exact) mass is 392 g/mol. The molecule has 0 aliphatic rings. The van der Waals surface area contributed by atoms with Crippen molar-refractivity contribution in [1.82, 2.24) is 20.2 Å². The maximum Gasteiger partial charge on any atom is 0.321 e. The fourth-order valence-electron chi connectivity index (χ4n) is 2.35. The number of carbonyl (C=O) groups excluding carboxylic acids is 2. The summed E-state index contributed by atoms with van der Waals surface area (Å²) in [4.78, 5) is 41.0. The van der Waals surface area contributed by atoms with E-state index < -0.39 is 17.5 Å². The average molecular weight is 392 g/mol. The first-order chi connectivity index (χ1) is 12.7. The fourth-order valence-corrected chi connectivity index (χ4v) is 3.17. The van der Waals surface area contributed by atoms with Gasteiger partial charge in [-0.05, 0) is 39.3 Å². The van der Waals surface area contributed by atoms with Crippen molar-refractivity contribution in [1.29, 1.82) is 0 Å². The molecule has 146 valence electrons. The zero-order valence-corrected chi connectivity index (χ0v) is 16.4. The van der Waals surface area contributed by atoms with E-state index >= 15 is 0 Å². The maximum atomic E-state index is 12.7. The van der Waals surface area contributed by atoms with Gasteiger partial charge in [-0.2, -0.15) is 0 Å². The van der Waals surface area contributed by atoms with Crippen LogP contribution >= 0.6 is 11.8 Å². The smallest absolute Gasteiger partial charge is 0.321 e. The van der Waals surface area contributed by atoms with Gasteiger partial charge in [0.25, 0.3) is 5.56 Å². The van der Waals surface area contributed by atoms with Crippen LogP contribution in [0.1, 0.15) is 27.2 Å². The number of aliphatic hydroxyl groups excluding tert-OH is 1. The van der Waals surface area contributed by atoms with E-state index in [1.165, 1.54) is 4.57 Å². The Labute approximate surface area is 161 Å². The third-order valence-electron chi connectivity index (χ3n) is 3.44. The van der Waals surface area contributed by atoms with Crippen LogP contribution in [0.4, 0.5) is 4.79 Å². The Morgan fingerprint density at radius 2 is 1.96 bits per heavy atom. The third kappa shape index (κ3) is 6.07. The van der Waals surface area contributed by atoms with Crippen LogP contribution in [0.2, 0.25) is 0 Å². The largest absolute Gasteiger partial charge is 0.396 e. The van der Waals surface area contributed by atoms with Crippen LogP contribution in [0, 0.1) is 0 Å². The average Bonchev–Trinajstić information content (AvgIpc) is 2.57. The standard InChI is InChI=1S/C18H24N4O4S/c1-18(2,3)21-16(26)20-14(24)11-27-17-19-13-8-5-4-7-12(13)15(25)22(17)9-6-10-23/h4-5,7-8,23H,6,9-11H2,1-3H3,(H2,20,21,24,26). The van der Waals surface area contributed by atoms with Crippen LogP contribution in [-0.2, 0) is 11.3 Å². The second-order valence-corrected chi connectivity index (χ2v) is 7.93. The van der Waals surface area contributed by atoms with E-state index in [-0.39, 0.29) is 17.9 Å². The van der Waals surface area contributed by atoms with Crippen molar-refractivity contribution in [3.63, 3.8) is 0 Å². The third-order valence-corrected chi connectivity index (χ3v) is 4.42. The number of fused-ring (bicyclic) bond motifs is 1. The predicted octanol–water partition coefficient (Wildman–Crippen LogP) is 1.50. The summed E-state index contributed by atoms with van der Waals surface area (Å²) < 4.78 is 1.45. The highest BCUT2D eigenvalue weighted by molar-refractivity contribution is 7.99. The first-order valence-electron chi connectivity index (χ1n) is 8.56. The van der Waals surface area contributed by atoms with Crippen molar-refractivity contribution >= 4 is 34.6 Å². The van der Waals surface area contributed by atoms with Crippen molar-refractivity contribution in [3.05, 3.63) is 34.6 Å². The van der Waals surface area contributed by atoms with Crippen LogP contribution in [0.15, 0.2) is 34.2 Å². The Kier molecular flexibility index (Phi) is 6.98. The van der Waals surface area contributed by atoms with Gasteiger partial charge in [0.1, 0.15) is 0 Å². The molecule has 0 atom stereocenters. The zero-order valence-electron chi connectivity index (χ0n) is 15.6. The molecule has 3 N–H and O–H groups in total. The molecule has 0 saturated heterocycles. The van der Waals surface area contributed by atoms with Gasteiger partial charge < -0.3 is 10.4 Å². The van der Waals surface area contributed by atoms with E-state index in [9.17, 15) is 14.4 Å². The normalized spacial score (nSPS) is 11.4. The van der Waals surface area contributed by atoms with Crippen molar-refractivity contribution in [2.24, 2.45) is 0 Å². The number of carbonyl (C=O) groups is 2. The van der Waals surface area contributed by atoms with E-state index in [2.05, 4.69) is 15.6 Å². The second kappa shape index (κ2) is 9.01. The number of rotatable bonds is 6. The highest BCUT2D eigenvalue weighted by Crippen LogP contribution is 2.18. The topological polar surface area (TPSA) is 113 Å². The maximum absolute atomic E-state index is 12.7. The van der Waals surface area contributed by atoms with Crippen LogP contribution < -0.4 is 16.2 Å². The molecule has 9 heteroatoms. The van der Waals surface area contributed by atoms with Gasteiger partial charge in [0.05, 0.1) is 16.7 Å². The Bertz CT molecular complexity index is 889. The minimum absolute atomic E-state index is 0.0587. The Morgan fingerprint density at radius 1 is 1.26 bits per heavy atom. The van der Waals surface area contributed by atoms with Crippen molar-refractivity contribution in [2.75, 3.05) is 12.4 Å². The SMILES string of the molecule is CC(C)(C)NC(=O)NC(=O)CSc1nc2ccccc2c(=O)n1CCCO. The molecule has 0 spiro atoms. The second-order valence-electron chi connectivity index (χ2n) is 6.99. The quantitative estimate of drug-likeness (QED) is 0.507.